The average Bonchev–Trinajstić information content (AvgIpc) is 3.04. The molecule has 0 amide bonds. The highest BCUT2D eigenvalue weighted by Crippen LogP contribution is 2.21. The fourth-order valence-electron chi connectivity index (χ4n) is 2.54. The van der Waals surface area contributed by atoms with E-state index in [1.54, 1.807) is 11.3 Å². The lowest BCUT2D eigenvalue weighted by Gasteiger charge is -2.08. The van der Waals surface area contributed by atoms with Crippen molar-refractivity contribution in [1.29, 1.82) is 0 Å². The summed E-state index contributed by atoms with van der Waals surface area (Å²) in [5.74, 6) is 1.17. The van der Waals surface area contributed by atoms with Gasteiger partial charge in [0.15, 0.2) is 0 Å². The Hall–Kier alpha value is -1.81. The van der Waals surface area contributed by atoms with E-state index in [0.29, 0.717) is 0 Å². The van der Waals surface area contributed by atoms with E-state index in [1.165, 1.54) is 16.9 Å². The Morgan fingerprint density at radius 1 is 1.25 bits per heavy atom. The first-order valence-electron chi connectivity index (χ1n) is 7.03. The molecule has 0 aliphatic rings. The number of nitrogens with two attached hydrogens (primary N) is 1. The van der Waals surface area contributed by atoms with Crippen LogP contribution in [0.3, 0.4) is 0 Å². The Morgan fingerprint density at radius 2 is 2.15 bits per heavy atom. The quantitative estimate of drug-likeness (QED) is 0.723. The SMILES string of the molecule is CCCc1nc2cc(N)ccc2n1CCc1ccsc1. The molecular weight excluding hydrogens is 266 g/mol. The maximum absolute atomic E-state index is 5.86. The van der Waals surface area contributed by atoms with Gasteiger partial charge in [0.05, 0.1) is 11.0 Å². The predicted molar refractivity (Wildman–Crippen MR) is 86.2 cm³/mol. The first kappa shape index (κ1) is 13.2. The van der Waals surface area contributed by atoms with Crippen molar-refractivity contribution in [1.82, 2.24) is 9.55 Å². The number of aromatic nitrogens is 2. The van der Waals surface area contributed by atoms with Crippen LogP contribution in [0.5, 0.6) is 0 Å². The van der Waals surface area contributed by atoms with Crippen LogP contribution >= 0.6 is 11.3 Å². The monoisotopic (exact) mass is 285 g/mol. The number of thiophene rings is 1. The molecule has 3 nitrogen and oxygen atoms in total. The lowest BCUT2D eigenvalue weighted by atomic mass is 10.2. The second kappa shape index (κ2) is 5.67. The van der Waals surface area contributed by atoms with Crippen LogP contribution in [0.1, 0.15) is 24.7 Å². The molecule has 3 rings (SSSR count). The highest BCUT2D eigenvalue weighted by atomic mass is 32.1. The van der Waals surface area contributed by atoms with E-state index >= 15 is 0 Å². The summed E-state index contributed by atoms with van der Waals surface area (Å²) in [6.45, 7) is 3.17. The summed E-state index contributed by atoms with van der Waals surface area (Å²) in [4.78, 5) is 4.75. The van der Waals surface area contributed by atoms with E-state index in [0.717, 1.165) is 37.0 Å². The van der Waals surface area contributed by atoms with Crippen LogP contribution in [0, 0.1) is 0 Å². The van der Waals surface area contributed by atoms with Crippen LogP contribution in [0.15, 0.2) is 35.0 Å². The molecule has 2 N–H and O–H groups in total. The third-order valence-electron chi connectivity index (χ3n) is 3.53. The minimum Gasteiger partial charge on any atom is -0.399 e. The van der Waals surface area contributed by atoms with E-state index in [1.807, 2.05) is 12.1 Å². The maximum Gasteiger partial charge on any atom is 0.109 e. The Labute approximate surface area is 123 Å². The highest BCUT2D eigenvalue weighted by Gasteiger charge is 2.10. The molecule has 0 atom stereocenters. The van der Waals surface area contributed by atoms with Crippen molar-refractivity contribution in [2.24, 2.45) is 0 Å². The van der Waals surface area contributed by atoms with Gasteiger partial charge in [-0.2, -0.15) is 11.3 Å². The van der Waals surface area contributed by atoms with Gasteiger partial charge in [0.1, 0.15) is 5.82 Å². The molecule has 0 unspecified atom stereocenters. The molecule has 2 aromatic heterocycles. The van der Waals surface area contributed by atoms with E-state index in [2.05, 4.69) is 34.4 Å². The molecule has 2 heterocycles. The predicted octanol–water partition coefficient (Wildman–Crippen LogP) is 3.88. The number of hydrogen-bond donors (Lipinski definition) is 1. The zero-order valence-electron chi connectivity index (χ0n) is 11.7. The summed E-state index contributed by atoms with van der Waals surface area (Å²) in [5.41, 5.74) is 10.2. The number of benzene rings is 1. The molecule has 0 radical (unpaired) electrons. The van der Waals surface area contributed by atoms with Crippen LogP contribution in [-0.2, 0) is 19.4 Å². The van der Waals surface area contributed by atoms with Gasteiger partial charge in [-0.25, -0.2) is 4.98 Å². The number of aryl methyl sites for hydroxylation is 3. The number of rotatable bonds is 5. The second-order valence-electron chi connectivity index (χ2n) is 5.06. The fourth-order valence-corrected chi connectivity index (χ4v) is 3.24. The van der Waals surface area contributed by atoms with Gasteiger partial charge >= 0.3 is 0 Å². The van der Waals surface area contributed by atoms with Crippen LogP contribution in [-0.4, -0.2) is 9.55 Å². The standard InChI is InChI=1S/C16H19N3S/c1-2-3-16-18-14-10-13(17)4-5-15(14)19(16)8-6-12-7-9-20-11-12/h4-5,7,9-11H,2-3,6,8,17H2,1H3. The maximum atomic E-state index is 5.86. The van der Waals surface area contributed by atoms with Crippen molar-refractivity contribution >= 4 is 28.1 Å². The van der Waals surface area contributed by atoms with Gasteiger partial charge in [-0.1, -0.05) is 6.92 Å². The van der Waals surface area contributed by atoms with Crippen LogP contribution in [0.4, 0.5) is 5.69 Å². The molecule has 0 aliphatic carbocycles. The molecule has 3 aromatic rings. The third-order valence-corrected chi connectivity index (χ3v) is 4.26. The molecule has 1 aromatic carbocycles. The minimum absolute atomic E-state index is 0.781. The summed E-state index contributed by atoms with van der Waals surface area (Å²) in [7, 11) is 0. The molecule has 0 spiro atoms. The lowest BCUT2D eigenvalue weighted by Crippen LogP contribution is -2.06. The van der Waals surface area contributed by atoms with Crippen LogP contribution in [0.2, 0.25) is 0 Å². The lowest BCUT2D eigenvalue weighted by molar-refractivity contribution is 0.659. The highest BCUT2D eigenvalue weighted by molar-refractivity contribution is 7.07. The summed E-state index contributed by atoms with van der Waals surface area (Å²) in [6, 6.07) is 8.21. The largest absolute Gasteiger partial charge is 0.399 e. The van der Waals surface area contributed by atoms with Gasteiger partial charge in [0.25, 0.3) is 0 Å². The van der Waals surface area contributed by atoms with Crippen LogP contribution < -0.4 is 5.73 Å². The smallest absolute Gasteiger partial charge is 0.109 e. The molecule has 0 aliphatic heterocycles. The van der Waals surface area contributed by atoms with E-state index in [-0.39, 0.29) is 0 Å². The molecule has 104 valence electrons. The average molecular weight is 285 g/mol. The summed E-state index contributed by atoms with van der Waals surface area (Å²) in [6.07, 6.45) is 3.17. The fraction of sp³-hybridized carbons (Fsp3) is 0.312. The van der Waals surface area contributed by atoms with Crippen molar-refractivity contribution < 1.29 is 0 Å². The number of nitrogen functional groups attached to an aromatic ring is 1. The normalized spacial score (nSPS) is 11.2. The summed E-state index contributed by atoms with van der Waals surface area (Å²) < 4.78 is 2.34. The molecule has 0 bridgehead atoms. The Kier molecular flexibility index (Phi) is 3.74. The molecule has 0 saturated carbocycles. The van der Waals surface area contributed by atoms with Gasteiger partial charge in [0, 0.05) is 18.7 Å². The molecule has 20 heavy (non-hydrogen) atoms. The summed E-state index contributed by atoms with van der Waals surface area (Å²) >= 11 is 1.76. The minimum atomic E-state index is 0.781. The zero-order chi connectivity index (χ0) is 13.9. The number of hydrogen-bond acceptors (Lipinski definition) is 3. The topological polar surface area (TPSA) is 43.8 Å². The zero-order valence-corrected chi connectivity index (χ0v) is 12.5. The first-order valence-corrected chi connectivity index (χ1v) is 7.98. The number of anilines is 1. The molecular formula is C16H19N3S. The van der Waals surface area contributed by atoms with E-state index in [4.69, 9.17) is 10.7 Å². The van der Waals surface area contributed by atoms with Crippen molar-refractivity contribution in [2.45, 2.75) is 32.7 Å². The van der Waals surface area contributed by atoms with Crippen molar-refractivity contribution in [3.05, 3.63) is 46.4 Å². The van der Waals surface area contributed by atoms with Gasteiger partial charge in [0.2, 0.25) is 0 Å². The van der Waals surface area contributed by atoms with E-state index < -0.39 is 0 Å². The second-order valence-corrected chi connectivity index (χ2v) is 5.84. The Morgan fingerprint density at radius 3 is 2.90 bits per heavy atom. The molecule has 0 saturated heterocycles. The van der Waals surface area contributed by atoms with Crippen molar-refractivity contribution in [3.8, 4) is 0 Å². The van der Waals surface area contributed by atoms with E-state index in [9.17, 15) is 0 Å². The number of fused-ring (bicyclic) bond motifs is 1. The number of nitrogens with zero attached hydrogens (tertiary/aromatic N) is 2. The third kappa shape index (κ3) is 2.56. The molecule has 4 heteroatoms. The molecule has 0 fully saturated rings. The Bertz CT molecular complexity index is 698. The van der Waals surface area contributed by atoms with Gasteiger partial charge in [-0.3, -0.25) is 0 Å². The van der Waals surface area contributed by atoms with Gasteiger partial charge < -0.3 is 10.3 Å². The van der Waals surface area contributed by atoms with Crippen molar-refractivity contribution in [3.63, 3.8) is 0 Å². The summed E-state index contributed by atoms with van der Waals surface area (Å²) in [5, 5.41) is 4.35. The Balaban J connectivity index is 1.95. The van der Waals surface area contributed by atoms with Crippen molar-refractivity contribution in [2.75, 3.05) is 5.73 Å². The van der Waals surface area contributed by atoms with Gasteiger partial charge in [-0.05, 0) is 53.4 Å². The number of imidazole rings is 1. The van der Waals surface area contributed by atoms with Crippen LogP contribution in [0.25, 0.3) is 11.0 Å². The first-order chi connectivity index (χ1) is 9.78. The van der Waals surface area contributed by atoms with Gasteiger partial charge in [-0.15, -0.1) is 0 Å².